The molecule has 0 spiro atoms. The molecule has 6 heteroatoms. The van der Waals surface area contributed by atoms with Crippen LogP contribution in [0.25, 0.3) is 0 Å². The topological polar surface area (TPSA) is 58.6 Å². The fraction of sp³-hybridized carbons (Fsp3) is 0.533. The van der Waals surface area contributed by atoms with Crippen LogP contribution < -0.4 is 10.1 Å². The van der Waals surface area contributed by atoms with Gasteiger partial charge in [0.15, 0.2) is 11.6 Å². The summed E-state index contributed by atoms with van der Waals surface area (Å²) in [7, 11) is 0. The Morgan fingerprint density at radius 1 is 1.38 bits per heavy atom. The number of aliphatic hydroxyl groups is 1. The van der Waals surface area contributed by atoms with E-state index in [9.17, 15) is 18.7 Å². The maximum absolute atomic E-state index is 14.1. The summed E-state index contributed by atoms with van der Waals surface area (Å²) in [6.45, 7) is 1.87. The van der Waals surface area contributed by atoms with E-state index in [0.29, 0.717) is 12.8 Å². The highest BCUT2D eigenvalue weighted by Crippen LogP contribution is 2.29. The summed E-state index contributed by atoms with van der Waals surface area (Å²) in [5, 5.41) is 12.5. The number of carbonyl (C=O) groups is 1. The van der Waals surface area contributed by atoms with Crippen LogP contribution in [0.2, 0.25) is 0 Å². The Labute approximate surface area is 122 Å². The maximum Gasteiger partial charge on any atom is 0.257 e. The number of halogens is 2. The lowest BCUT2D eigenvalue weighted by molar-refractivity contribution is 0.0447. The number of rotatable bonds is 5. The van der Waals surface area contributed by atoms with Crippen molar-refractivity contribution in [2.24, 2.45) is 0 Å². The van der Waals surface area contributed by atoms with Crippen LogP contribution in [-0.4, -0.2) is 29.8 Å². The summed E-state index contributed by atoms with van der Waals surface area (Å²) in [5.41, 5.74) is -1.65. The van der Waals surface area contributed by atoms with Crippen molar-refractivity contribution in [2.45, 2.75) is 38.2 Å². The molecule has 1 aromatic rings. The van der Waals surface area contributed by atoms with Gasteiger partial charge in [-0.15, -0.1) is 0 Å². The molecule has 1 aliphatic rings. The van der Waals surface area contributed by atoms with E-state index in [-0.39, 0.29) is 18.9 Å². The molecular formula is C15H19F2NO3. The largest absolute Gasteiger partial charge is 0.491 e. The second-order valence-electron chi connectivity index (χ2n) is 5.28. The van der Waals surface area contributed by atoms with Crippen molar-refractivity contribution in [3.8, 4) is 5.75 Å². The van der Waals surface area contributed by atoms with Gasteiger partial charge in [-0.2, -0.15) is 0 Å². The molecule has 0 atom stereocenters. The quantitative estimate of drug-likeness (QED) is 0.877. The minimum Gasteiger partial charge on any atom is -0.491 e. The van der Waals surface area contributed by atoms with Gasteiger partial charge in [-0.1, -0.05) is 12.8 Å². The standard InChI is InChI=1S/C15H19F2NO3/c1-2-21-11-6-5-10(16)12(13(11)17)14(19)18-9-15(20)7-3-4-8-15/h5-6,20H,2-4,7-9H2,1H3,(H,18,19). The molecule has 0 saturated heterocycles. The van der Waals surface area contributed by atoms with Gasteiger partial charge in [0.2, 0.25) is 0 Å². The summed E-state index contributed by atoms with van der Waals surface area (Å²) < 4.78 is 32.8. The monoisotopic (exact) mass is 299 g/mol. The van der Waals surface area contributed by atoms with Crippen molar-refractivity contribution in [2.75, 3.05) is 13.2 Å². The van der Waals surface area contributed by atoms with Crippen LogP contribution in [0.4, 0.5) is 8.78 Å². The van der Waals surface area contributed by atoms with Gasteiger partial charge < -0.3 is 15.2 Å². The van der Waals surface area contributed by atoms with Gasteiger partial charge in [0.05, 0.1) is 12.2 Å². The highest BCUT2D eigenvalue weighted by molar-refractivity contribution is 5.95. The Balaban J connectivity index is 2.13. The summed E-state index contributed by atoms with van der Waals surface area (Å²) in [4.78, 5) is 12.0. The van der Waals surface area contributed by atoms with Crippen molar-refractivity contribution in [3.05, 3.63) is 29.3 Å². The van der Waals surface area contributed by atoms with Gasteiger partial charge >= 0.3 is 0 Å². The predicted octanol–water partition coefficient (Wildman–Crippen LogP) is 2.40. The van der Waals surface area contributed by atoms with Gasteiger partial charge in [-0.05, 0) is 31.9 Å². The molecule has 0 aromatic heterocycles. The smallest absolute Gasteiger partial charge is 0.257 e. The molecular weight excluding hydrogens is 280 g/mol. The summed E-state index contributed by atoms with van der Waals surface area (Å²) in [6.07, 6.45) is 2.93. The highest BCUT2D eigenvalue weighted by Gasteiger charge is 2.32. The predicted molar refractivity (Wildman–Crippen MR) is 73.3 cm³/mol. The van der Waals surface area contributed by atoms with E-state index >= 15 is 0 Å². The van der Waals surface area contributed by atoms with Gasteiger partial charge in [0, 0.05) is 6.54 Å². The van der Waals surface area contributed by atoms with Crippen molar-refractivity contribution in [1.29, 1.82) is 0 Å². The van der Waals surface area contributed by atoms with Crippen molar-refractivity contribution < 1.29 is 23.4 Å². The Bertz CT molecular complexity index is 528. The van der Waals surface area contributed by atoms with Crippen LogP contribution in [0.5, 0.6) is 5.75 Å². The third-order valence-corrected chi connectivity index (χ3v) is 3.69. The maximum atomic E-state index is 14.1. The van der Waals surface area contributed by atoms with Gasteiger partial charge in [0.1, 0.15) is 11.4 Å². The Morgan fingerprint density at radius 3 is 2.67 bits per heavy atom. The summed E-state index contributed by atoms with van der Waals surface area (Å²) in [5.74, 6) is -3.02. The number of nitrogens with one attached hydrogen (secondary N) is 1. The molecule has 0 radical (unpaired) electrons. The van der Waals surface area contributed by atoms with E-state index in [1.165, 1.54) is 0 Å². The zero-order valence-corrected chi connectivity index (χ0v) is 11.9. The Morgan fingerprint density at radius 2 is 2.05 bits per heavy atom. The zero-order valence-electron chi connectivity index (χ0n) is 11.9. The average Bonchev–Trinajstić information content (AvgIpc) is 2.87. The molecule has 0 aliphatic heterocycles. The van der Waals surface area contributed by atoms with Gasteiger partial charge in [-0.25, -0.2) is 8.78 Å². The molecule has 4 nitrogen and oxygen atoms in total. The van der Waals surface area contributed by atoms with Crippen molar-refractivity contribution >= 4 is 5.91 Å². The molecule has 21 heavy (non-hydrogen) atoms. The third-order valence-electron chi connectivity index (χ3n) is 3.69. The number of carbonyl (C=O) groups excluding carboxylic acids is 1. The molecule has 1 fully saturated rings. The minimum absolute atomic E-state index is 0.0103. The second kappa shape index (κ2) is 6.39. The molecule has 0 bridgehead atoms. The average molecular weight is 299 g/mol. The van der Waals surface area contributed by atoms with Crippen LogP contribution >= 0.6 is 0 Å². The molecule has 1 saturated carbocycles. The lowest BCUT2D eigenvalue weighted by Gasteiger charge is -2.22. The fourth-order valence-corrected chi connectivity index (χ4v) is 2.55. The molecule has 2 rings (SSSR count). The zero-order chi connectivity index (χ0) is 15.5. The van der Waals surface area contributed by atoms with Gasteiger partial charge in [0.25, 0.3) is 5.91 Å². The van der Waals surface area contributed by atoms with E-state index in [0.717, 1.165) is 25.0 Å². The van der Waals surface area contributed by atoms with Crippen LogP contribution in [-0.2, 0) is 0 Å². The number of amides is 1. The van der Waals surface area contributed by atoms with E-state index < -0.39 is 28.7 Å². The first-order valence-corrected chi connectivity index (χ1v) is 7.08. The van der Waals surface area contributed by atoms with Crippen LogP contribution in [0.15, 0.2) is 12.1 Å². The summed E-state index contributed by atoms with van der Waals surface area (Å²) >= 11 is 0. The Hall–Kier alpha value is -1.69. The second-order valence-corrected chi connectivity index (χ2v) is 5.28. The van der Waals surface area contributed by atoms with Crippen molar-refractivity contribution in [3.63, 3.8) is 0 Å². The first kappa shape index (κ1) is 15.7. The first-order valence-electron chi connectivity index (χ1n) is 7.08. The molecule has 116 valence electrons. The molecule has 1 amide bonds. The molecule has 2 N–H and O–H groups in total. The number of ether oxygens (including phenoxy) is 1. The lowest BCUT2D eigenvalue weighted by atomic mass is 10.0. The molecule has 0 heterocycles. The van der Waals surface area contributed by atoms with Crippen molar-refractivity contribution in [1.82, 2.24) is 5.32 Å². The fourth-order valence-electron chi connectivity index (χ4n) is 2.55. The van der Waals surface area contributed by atoms with Crippen LogP contribution in [0.1, 0.15) is 43.0 Å². The number of hydrogen-bond donors (Lipinski definition) is 2. The third kappa shape index (κ3) is 3.50. The molecule has 0 unspecified atom stereocenters. The molecule has 1 aliphatic carbocycles. The van der Waals surface area contributed by atoms with E-state index in [4.69, 9.17) is 4.74 Å². The lowest BCUT2D eigenvalue weighted by Crippen LogP contribution is -2.41. The van der Waals surface area contributed by atoms with E-state index in [1.54, 1.807) is 6.92 Å². The van der Waals surface area contributed by atoms with Crippen LogP contribution in [0, 0.1) is 11.6 Å². The minimum atomic E-state index is -1.02. The number of hydrogen-bond acceptors (Lipinski definition) is 3. The summed E-state index contributed by atoms with van der Waals surface area (Å²) in [6, 6.07) is 2.14. The van der Waals surface area contributed by atoms with E-state index in [2.05, 4.69) is 5.32 Å². The van der Waals surface area contributed by atoms with Gasteiger partial charge in [-0.3, -0.25) is 4.79 Å². The SMILES string of the molecule is CCOc1ccc(F)c(C(=O)NCC2(O)CCCC2)c1F. The molecule has 1 aromatic carbocycles. The normalized spacial score (nSPS) is 16.8. The Kier molecular flexibility index (Phi) is 4.77. The highest BCUT2D eigenvalue weighted by atomic mass is 19.1. The number of benzene rings is 1. The van der Waals surface area contributed by atoms with E-state index in [1.807, 2.05) is 0 Å². The first-order chi connectivity index (χ1) is 9.97. The van der Waals surface area contributed by atoms with Crippen LogP contribution in [0.3, 0.4) is 0 Å².